The van der Waals surface area contributed by atoms with Gasteiger partial charge in [0.05, 0.1) is 29.7 Å². The summed E-state index contributed by atoms with van der Waals surface area (Å²) in [6.45, 7) is 5.72. The van der Waals surface area contributed by atoms with Crippen LogP contribution in [0.3, 0.4) is 0 Å². The summed E-state index contributed by atoms with van der Waals surface area (Å²) in [6.07, 6.45) is 1.55. The van der Waals surface area contributed by atoms with Crippen LogP contribution in [0.25, 0.3) is 11.4 Å². The molecule has 6 nitrogen and oxygen atoms in total. The van der Waals surface area contributed by atoms with E-state index in [0.717, 1.165) is 28.5 Å². The number of aryl methyl sites for hydroxylation is 2. The van der Waals surface area contributed by atoms with Gasteiger partial charge in [-0.15, -0.1) is 11.3 Å². The molecule has 0 saturated heterocycles. The number of aliphatic hydroxyl groups is 1. The van der Waals surface area contributed by atoms with Gasteiger partial charge in [0.2, 0.25) is 0 Å². The van der Waals surface area contributed by atoms with Crippen molar-refractivity contribution in [3.05, 3.63) is 63.6 Å². The van der Waals surface area contributed by atoms with Crippen molar-refractivity contribution in [1.29, 1.82) is 0 Å². The molecule has 8 heteroatoms. The van der Waals surface area contributed by atoms with Crippen molar-refractivity contribution in [3.63, 3.8) is 0 Å². The average Bonchev–Trinajstić information content (AvgIpc) is 3.08. The standard InChI is InChI=1S/C20H21FN4O2S/c1-11-4-5-14(19-22-7-15(21)8-23-19)6-16(11)20(27)24-9-17(13(3)26)18-12(2)25-10-28-18/h4-8,10,13,17,26H,9H2,1-3H3,(H,24,27). The highest BCUT2D eigenvalue weighted by molar-refractivity contribution is 7.09. The zero-order valence-corrected chi connectivity index (χ0v) is 16.6. The lowest BCUT2D eigenvalue weighted by Crippen LogP contribution is -2.33. The van der Waals surface area contributed by atoms with E-state index >= 15 is 0 Å². The van der Waals surface area contributed by atoms with E-state index in [9.17, 15) is 14.3 Å². The zero-order chi connectivity index (χ0) is 20.3. The largest absolute Gasteiger partial charge is 0.393 e. The van der Waals surface area contributed by atoms with Crippen LogP contribution in [0.2, 0.25) is 0 Å². The van der Waals surface area contributed by atoms with Gasteiger partial charge in [0, 0.05) is 28.5 Å². The summed E-state index contributed by atoms with van der Waals surface area (Å²) in [5, 5.41) is 13.0. The molecule has 2 heterocycles. The van der Waals surface area contributed by atoms with E-state index in [0.29, 0.717) is 17.0 Å². The summed E-state index contributed by atoms with van der Waals surface area (Å²) in [7, 11) is 0. The molecule has 146 valence electrons. The predicted octanol–water partition coefficient (Wildman–Crippen LogP) is 3.25. The van der Waals surface area contributed by atoms with Gasteiger partial charge in [-0.1, -0.05) is 12.1 Å². The van der Waals surface area contributed by atoms with Crippen LogP contribution >= 0.6 is 11.3 Å². The first kappa shape index (κ1) is 20.0. The molecular formula is C20H21FN4O2S. The van der Waals surface area contributed by atoms with Crippen molar-refractivity contribution >= 4 is 17.2 Å². The van der Waals surface area contributed by atoms with Crippen molar-refractivity contribution in [2.75, 3.05) is 6.54 Å². The number of aromatic nitrogens is 3. The Hall–Kier alpha value is -2.71. The quantitative estimate of drug-likeness (QED) is 0.663. The van der Waals surface area contributed by atoms with Crippen LogP contribution < -0.4 is 5.32 Å². The molecule has 28 heavy (non-hydrogen) atoms. The molecule has 0 radical (unpaired) electrons. The van der Waals surface area contributed by atoms with E-state index < -0.39 is 11.9 Å². The molecule has 3 rings (SSSR count). The van der Waals surface area contributed by atoms with Gasteiger partial charge in [-0.3, -0.25) is 4.79 Å². The van der Waals surface area contributed by atoms with Crippen LogP contribution in [0, 0.1) is 19.7 Å². The normalized spacial score (nSPS) is 13.2. The molecule has 2 N–H and O–H groups in total. The van der Waals surface area contributed by atoms with Crippen molar-refractivity contribution in [3.8, 4) is 11.4 Å². The minimum atomic E-state index is -0.625. The van der Waals surface area contributed by atoms with Crippen LogP contribution in [0.5, 0.6) is 0 Å². The Kier molecular flexibility index (Phi) is 6.11. The molecule has 0 aliphatic heterocycles. The Morgan fingerprint density at radius 1 is 1.25 bits per heavy atom. The lowest BCUT2D eigenvalue weighted by molar-refractivity contribution is 0.0936. The van der Waals surface area contributed by atoms with E-state index in [-0.39, 0.29) is 18.4 Å². The summed E-state index contributed by atoms with van der Waals surface area (Å²) in [4.78, 5) is 25.9. The molecule has 3 aromatic rings. The third-order valence-electron chi connectivity index (χ3n) is 4.54. The number of aliphatic hydroxyl groups excluding tert-OH is 1. The number of nitrogens with one attached hydrogen (secondary N) is 1. The summed E-state index contributed by atoms with van der Waals surface area (Å²) in [6, 6.07) is 5.28. The molecule has 1 amide bonds. The third kappa shape index (κ3) is 4.40. The Balaban J connectivity index is 1.79. The number of rotatable bonds is 6. The minimum Gasteiger partial charge on any atom is -0.393 e. The lowest BCUT2D eigenvalue weighted by Gasteiger charge is -2.20. The Morgan fingerprint density at radius 3 is 2.57 bits per heavy atom. The number of nitrogens with zero attached hydrogens (tertiary/aromatic N) is 3. The topological polar surface area (TPSA) is 88.0 Å². The molecule has 2 aromatic heterocycles. The molecule has 2 atom stereocenters. The van der Waals surface area contributed by atoms with Gasteiger partial charge in [0.25, 0.3) is 5.91 Å². The highest BCUT2D eigenvalue weighted by Gasteiger charge is 2.23. The molecule has 0 spiro atoms. The highest BCUT2D eigenvalue weighted by Crippen LogP contribution is 2.26. The first-order valence-electron chi connectivity index (χ1n) is 8.81. The van der Waals surface area contributed by atoms with E-state index in [4.69, 9.17) is 0 Å². The summed E-state index contributed by atoms with van der Waals surface area (Å²) >= 11 is 1.47. The number of hydrogen-bond donors (Lipinski definition) is 2. The van der Waals surface area contributed by atoms with Gasteiger partial charge >= 0.3 is 0 Å². The van der Waals surface area contributed by atoms with E-state index in [1.165, 1.54) is 11.3 Å². The van der Waals surface area contributed by atoms with Crippen molar-refractivity contribution < 1.29 is 14.3 Å². The van der Waals surface area contributed by atoms with Crippen LogP contribution in [0.15, 0.2) is 36.1 Å². The Labute approximate surface area is 166 Å². The molecule has 0 aliphatic carbocycles. The molecule has 0 bridgehead atoms. The zero-order valence-electron chi connectivity index (χ0n) is 15.8. The second kappa shape index (κ2) is 8.53. The molecular weight excluding hydrogens is 379 g/mol. The van der Waals surface area contributed by atoms with Crippen LogP contribution in [0.1, 0.15) is 39.3 Å². The maximum atomic E-state index is 13.0. The number of thiazole rings is 1. The fraction of sp³-hybridized carbons (Fsp3) is 0.300. The monoisotopic (exact) mass is 400 g/mol. The second-order valence-corrected chi connectivity index (χ2v) is 7.50. The van der Waals surface area contributed by atoms with Crippen LogP contribution in [-0.2, 0) is 0 Å². The summed E-state index contributed by atoms with van der Waals surface area (Å²) in [5.41, 5.74) is 4.50. The van der Waals surface area contributed by atoms with Gasteiger partial charge in [0.15, 0.2) is 11.6 Å². The van der Waals surface area contributed by atoms with Crippen molar-refractivity contribution in [2.24, 2.45) is 0 Å². The third-order valence-corrected chi connectivity index (χ3v) is 5.61. The van der Waals surface area contributed by atoms with E-state index in [2.05, 4.69) is 20.3 Å². The summed E-state index contributed by atoms with van der Waals surface area (Å²) < 4.78 is 13.0. The lowest BCUT2D eigenvalue weighted by atomic mass is 9.99. The maximum absolute atomic E-state index is 13.0. The van der Waals surface area contributed by atoms with Gasteiger partial charge < -0.3 is 10.4 Å². The average molecular weight is 400 g/mol. The molecule has 0 aliphatic rings. The van der Waals surface area contributed by atoms with Gasteiger partial charge in [-0.2, -0.15) is 0 Å². The van der Waals surface area contributed by atoms with Gasteiger partial charge in [-0.05, 0) is 32.4 Å². The number of hydrogen-bond acceptors (Lipinski definition) is 6. The molecule has 0 fully saturated rings. The maximum Gasteiger partial charge on any atom is 0.251 e. The summed E-state index contributed by atoms with van der Waals surface area (Å²) in [5.74, 6) is -0.663. The number of amides is 1. The number of benzene rings is 1. The molecule has 1 aromatic carbocycles. The Morgan fingerprint density at radius 2 is 1.96 bits per heavy atom. The van der Waals surface area contributed by atoms with Crippen LogP contribution in [0.4, 0.5) is 4.39 Å². The number of carbonyl (C=O) groups is 1. The highest BCUT2D eigenvalue weighted by atomic mass is 32.1. The fourth-order valence-electron chi connectivity index (χ4n) is 2.91. The van der Waals surface area contributed by atoms with E-state index in [1.807, 2.05) is 13.8 Å². The molecule has 0 saturated carbocycles. The smallest absolute Gasteiger partial charge is 0.251 e. The second-order valence-electron chi connectivity index (χ2n) is 6.61. The predicted molar refractivity (Wildman–Crippen MR) is 106 cm³/mol. The number of halogens is 1. The fourth-order valence-corrected chi connectivity index (χ4v) is 3.92. The number of carbonyl (C=O) groups excluding carboxylic acids is 1. The van der Waals surface area contributed by atoms with Crippen LogP contribution in [-0.4, -0.2) is 38.6 Å². The first-order valence-corrected chi connectivity index (χ1v) is 9.69. The molecule has 2 unspecified atom stereocenters. The minimum absolute atomic E-state index is 0.236. The van der Waals surface area contributed by atoms with Gasteiger partial charge in [0.1, 0.15) is 0 Å². The van der Waals surface area contributed by atoms with Crippen molar-refractivity contribution in [2.45, 2.75) is 32.8 Å². The van der Waals surface area contributed by atoms with E-state index in [1.54, 1.807) is 30.6 Å². The van der Waals surface area contributed by atoms with Gasteiger partial charge in [-0.25, -0.2) is 19.3 Å². The SMILES string of the molecule is Cc1ccc(-c2ncc(F)cn2)cc1C(=O)NCC(c1scnc1C)C(C)O. The Bertz CT molecular complexity index is 973. The van der Waals surface area contributed by atoms with Crippen molar-refractivity contribution in [1.82, 2.24) is 20.3 Å². The first-order chi connectivity index (χ1) is 13.4.